The minimum Gasteiger partial charge on any atom is -0.375 e. The van der Waals surface area contributed by atoms with Crippen molar-refractivity contribution in [3.8, 4) is 6.07 Å². The summed E-state index contributed by atoms with van der Waals surface area (Å²) in [6, 6.07) is 6.17. The van der Waals surface area contributed by atoms with Gasteiger partial charge in [0.2, 0.25) is 0 Å². The van der Waals surface area contributed by atoms with E-state index in [0.29, 0.717) is 18.3 Å². The van der Waals surface area contributed by atoms with Crippen LogP contribution >= 0.6 is 0 Å². The summed E-state index contributed by atoms with van der Waals surface area (Å²) in [5.74, 6) is 0. The van der Waals surface area contributed by atoms with Crippen molar-refractivity contribution in [1.29, 1.82) is 5.26 Å². The monoisotopic (exact) mass is 231 g/mol. The molecule has 2 heterocycles. The van der Waals surface area contributed by atoms with Gasteiger partial charge in [-0.05, 0) is 37.1 Å². The molecule has 1 aliphatic rings. The Balaban J connectivity index is 1.75. The zero-order valence-corrected chi connectivity index (χ0v) is 9.85. The fourth-order valence-corrected chi connectivity index (χ4v) is 2.01. The highest BCUT2D eigenvalue weighted by molar-refractivity contribution is 5.24. The lowest BCUT2D eigenvalue weighted by Gasteiger charge is -2.23. The Labute approximate surface area is 102 Å². The first-order chi connectivity index (χ1) is 8.38. The quantitative estimate of drug-likeness (QED) is 0.855. The van der Waals surface area contributed by atoms with Crippen LogP contribution in [-0.4, -0.2) is 24.2 Å². The van der Waals surface area contributed by atoms with Crippen molar-refractivity contribution in [3.05, 3.63) is 29.6 Å². The third kappa shape index (κ3) is 3.81. The molecule has 1 fully saturated rings. The van der Waals surface area contributed by atoms with E-state index in [4.69, 9.17) is 10.00 Å². The van der Waals surface area contributed by atoms with Crippen molar-refractivity contribution in [2.75, 3.05) is 13.2 Å². The SMILES string of the molecule is N#Cc1cc(COCC2CCCCN2)ccn1. The van der Waals surface area contributed by atoms with Gasteiger partial charge in [0.25, 0.3) is 0 Å². The van der Waals surface area contributed by atoms with E-state index < -0.39 is 0 Å². The first kappa shape index (κ1) is 12.0. The number of aromatic nitrogens is 1. The van der Waals surface area contributed by atoms with Gasteiger partial charge in [0, 0.05) is 12.2 Å². The predicted molar refractivity (Wildman–Crippen MR) is 64.2 cm³/mol. The normalized spacial score (nSPS) is 19.8. The molecule has 1 aliphatic heterocycles. The van der Waals surface area contributed by atoms with Gasteiger partial charge in [-0.3, -0.25) is 0 Å². The summed E-state index contributed by atoms with van der Waals surface area (Å²) >= 11 is 0. The van der Waals surface area contributed by atoms with E-state index in [1.165, 1.54) is 19.3 Å². The van der Waals surface area contributed by atoms with Crippen LogP contribution in [0.3, 0.4) is 0 Å². The minimum absolute atomic E-state index is 0.446. The standard InChI is InChI=1S/C13H17N3O/c14-8-13-7-11(4-6-16-13)9-17-10-12-3-1-2-5-15-12/h4,6-7,12,15H,1-3,5,9-10H2. The molecule has 2 rings (SSSR count). The zero-order chi connectivity index (χ0) is 11.9. The Bertz CT molecular complexity index is 394. The van der Waals surface area contributed by atoms with Crippen molar-refractivity contribution in [1.82, 2.24) is 10.3 Å². The average molecular weight is 231 g/mol. The zero-order valence-electron chi connectivity index (χ0n) is 9.85. The molecule has 4 nitrogen and oxygen atoms in total. The molecule has 0 aromatic carbocycles. The Morgan fingerprint density at radius 2 is 2.47 bits per heavy atom. The number of nitriles is 1. The maximum absolute atomic E-state index is 8.73. The summed E-state index contributed by atoms with van der Waals surface area (Å²) in [5, 5.41) is 12.2. The molecular weight excluding hydrogens is 214 g/mol. The molecule has 1 N–H and O–H groups in total. The third-order valence-electron chi connectivity index (χ3n) is 2.94. The average Bonchev–Trinajstić information content (AvgIpc) is 2.40. The molecule has 4 heteroatoms. The van der Waals surface area contributed by atoms with Crippen LogP contribution in [-0.2, 0) is 11.3 Å². The summed E-state index contributed by atoms with van der Waals surface area (Å²) in [7, 11) is 0. The molecule has 1 saturated heterocycles. The fraction of sp³-hybridized carbons (Fsp3) is 0.538. The first-order valence-electron chi connectivity index (χ1n) is 6.04. The number of nitrogens with zero attached hydrogens (tertiary/aromatic N) is 2. The maximum atomic E-state index is 8.73. The van der Waals surface area contributed by atoms with Gasteiger partial charge in [-0.1, -0.05) is 6.42 Å². The van der Waals surface area contributed by atoms with E-state index in [2.05, 4.69) is 10.3 Å². The van der Waals surface area contributed by atoms with Gasteiger partial charge in [-0.15, -0.1) is 0 Å². The highest BCUT2D eigenvalue weighted by Crippen LogP contribution is 2.08. The number of rotatable bonds is 4. The van der Waals surface area contributed by atoms with Crippen molar-refractivity contribution >= 4 is 0 Å². The molecule has 1 aromatic heterocycles. The number of pyridine rings is 1. The lowest BCUT2D eigenvalue weighted by Crippen LogP contribution is -2.37. The van der Waals surface area contributed by atoms with Crippen LogP contribution < -0.4 is 5.32 Å². The Kier molecular flexibility index (Phi) is 4.48. The molecule has 0 amide bonds. The Hall–Kier alpha value is -1.44. The summed E-state index contributed by atoms with van der Waals surface area (Å²) < 4.78 is 5.66. The number of hydrogen-bond acceptors (Lipinski definition) is 4. The molecular formula is C13H17N3O. The van der Waals surface area contributed by atoms with Crippen LogP contribution in [0.4, 0.5) is 0 Å². The largest absolute Gasteiger partial charge is 0.375 e. The van der Waals surface area contributed by atoms with E-state index in [1.807, 2.05) is 12.1 Å². The second-order valence-electron chi connectivity index (χ2n) is 4.32. The predicted octanol–water partition coefficient (Wildman–Crippen LogP) is 1.61. The van der Waals surface area contributed by atoms with Crippen LogP contribution in [0.2, 0.25) is 0 Å². The van der Waals surface area contributed by atoms with Gasteiger partial charge < -0.3 is 10.1 Å². The Morgan fingerprint density at radius 1 is 1.53 bits per heavy atom. The molecule has 1 unspecified atom stereocenters. The molecule has 0 bridgehead atoms. The number of hydrogen-bond donors (Lipinski definition) is 1. The summed E-state index contributed by atoms with van der Waals surface area (Å²) in [4.78, 5) is 3.93. The summed E-state index contributed by atoms with van der Waals surface area (Å²) in [5.41, 5.74) is 1.45. The van der Waals surface area contributed by atoms with Crippen LogP contribution in [0.5, 0.6) is 0 Å². The molecule has 90 valence electrons. The number of piperidine rings is 1. The molecule has 1 aromatic rings. The van der Waals surface area contributed by atoms with Gasteiger partial charge in [0.1, 0.15) is 11.8 Å². The molecule has 1 atom stereocenters. The lowest BCUT2D eigenvalue weighted by atomic mass is 10.1. The number of ether oxygens (including phenoxy) is 1. The molecule has 0 radical (unpaired) electrons. The van der Waals surface area contributed by atoms with Crippen molar-refractivity contribution in [3.63, 3.8) is 0 Å². The van der Waals surface area contributed by atoms with Gasteiger partial charge in [-0.2, -0.15) is 5.26 Å². The summed E-state index contributed by atoms with van der Waals surface area (Å²) in [6.45, 7) is 2.39. The van der Waals surface area contributed by atoms with Crippen molar-refractivity contribution < 1.29 is 4.74 Å². The van der Waals surface area contributed by atoms with Crippen molar-refractivity contribution in [2.45, 2.75) is 31.9 Å². The lowest BCUT2D eigenvalue weighted by molar-refractivity contribution is 0.0911. The van der Waals surface area contributed by atoms with Gasteiger partial charge in [-0.25, -0.2) is 4.98 Å². The summed E-state index contributed by atoms with van der Waals surface area (Å²) in [6.07, 6.45) is 5.40. The van der Waals surface area contributed by atoms with E-state index in [9.17, 15) is 0 Å². The smallest absolute Gasteiger partial charge is 0.140 e. The fourth-order valence-electron chi connectivity index (χ4n) is 2.01. The van der Waals surface area contributed by atoms with Crippen LogP contribution in [0.15, 0.2) is 18.3 Å². The highest BCUT2D eigenvalue weighted by Gasteiger charge is 2.12. The highest BCUT2D eigenvalue weighted by atomic mass is 16.5. The van der Waals surface area contributed by atoms with E-state index >= 15 is 0 Å². The van der Waals surface area contributed by atoms with Gasteiger partial charge >= 0.3 is 0 Å². The van der Waals surface area contributed by atoms with E-state index in [1.54, 1.807) is 12.3 Å². The van der Waals surface area contributed by atoms with Gasteiger partial charge in [0.15, 0.2) is 0 Å². The third-order valence-corrected chi connectivity index (χ3v) is 2.94. The molecule has 0 aliphatic carbocycles. The minimum atomic E-state index is 0.446. The molecule has 0 spiro atoms. The van der Waals surface area contributed by atoms with Gasteiger partial charge in [0.05, 0.1) is 13.2 Å². The number of nitrogens with one attached hydrogen (secondary N) is 1. The van der Waals surface area contributed by atoms with Crippen LogP contribution in [0.25, 0.3) is 0 Å². The Morgan fingerprint density at radius 3 is 3.24 bits per heavy atom. The topological polar surface area (TPSA) is 57.9 Å². The second kappa shape index (κ2) is 6.33. The van der Waals surface area contributed by atoms with E-state index in [0.717, 1.165) is 18.7 Å². The maximum Gasteiger partial charge on any atom is 0.140 e. The van der Waals surface area contributed by atoms with Crippen molar-refractivity contribution in [2.24, 2.45) is 0 Å². The second-order valence-corrected chi connectivity index (χ2v) is 4.32. The molecule has 0 saturated carbocycles. The van der Waals surface area contributed by atoms with E-state index in [-0.39, 0.29) is 0 Å². The van der Waals surface area contributed by atoms with Crippen LogP contribution in [0.1, 0.15) is 30.5 Å². The van der Waals surface area contributed by atoms with Crippen LogP contribution in [0, 0.1) is 11.3 Å². The molecule has 17 heavy (non-hydrogen) atoms. The first-order valence-corrected chi connectivity index (χ1v) is 6.04.